The van der Waals surface area contributed by atoms with Crippen LogP contribution in [-0.4, -0.2) is 25.6 Å². The summed E-state index contributed by atoms with van der Waals surface area (Å²) in [5.74, 6) is 4.91. The summed E-state index contributed by atoms with van der Waals surface area (Å²) in [6, 6.07) is 9.52. The highest BCUT2D eigenvalue weighted by atomic mass is 35.5. The van der Waals surface area contributed by atoms with Crippen molar-refractivity contribution in [2.24, 2.45) is 5.84 Å². The Morgan fingerprint density at radius 2 is 1.91 bits per heavy atom. The number of nitrogens with one attached hydrogen (secondary N) is 1. The SMILES string of the molecule is CS(=O)(=O)N(Cc1ccc(C(=O)NN)cc1)c1ccc(Cl)cn1. The molecule has 0 unspecified atom stereocenters. The fourth-order valence-corrected chi connectivity index (χ4v) is 2.84. The molecule has 1 aromatic heterocycles. The predicted molar refractivity (Wildman–Crippen MR) is 88.4 cm³/mol. The Balaban J connectivity index is 2.28. The first kappa shape index (κ1) is 17.2. The van der Waals surface area contributed by atoms with Crippen LogP contribution in [0.25, 0.3) is 0 Å². The summed E-state index contributed by atoms with van der Waals surface area (Å²) < 4.78 is 25.2. The molecule has 3 N–H and O–H groups in total. The average Bonchev–Trinajstić information content (AvgIpc) is 2.52. The molecule has 2 rings (SSSR count). The molecule has 0 fully saturated rings. The van der Waals surface area contributed by atoms with Gasteiger partial charge in [-0.3, -0.25) is 10.2 Å². The minimum absolute atomic E-state index is 0.0813. The third-order valence-corrected chi connectivity index (χ3v) is 4.38. The maximum atomic E-state index is 12.0. The van der Waals surface area contributed by atoms with Gasteiger partial charge in [0.2, 0.25) is 10.0 Å². The Morgan fingerprint density at radius 1 is 1.26 bits per heavy atom. The Bertz CT molecular complexity index is 792. The van der Waals surface area contributed by atoms with E-state index in [2.05, 4.69) is 4.98 Å². The monoisotopic (exact) mass is 354 g/mol. The highest BCUT2D eigenvalue weighted by molar-refractivity contribution is 7.92. The zero-order valence-electron chi connectivity index (χ0n) is 12.2. The lowest BCUT2D eigenvalue weighted by molar-refractivity contribution is 0.0953. The second-order valence-electron chi connectivity index (χ2n) is 4.77. The lowest BCUT2D eigenvalue weighted by Gasteiger charge is -2.21. The number of nitrogens with two attached hydrogens (primary N) is 1. The van der Waals surface area contributed by atoms with E-state index in [1.165, 1.54) is 12.3 Å². The quantitative estimate of drug-likeness (QED) is 0.478. The molecule has 0 saturated heterocycles. The van der Waals surface area contributed by atoms with Crippen molar-refractivity contribution in [3.8, 4) is 0 Å². The first-order valence-corrected chi connectivity index (χ1v) is 8.73. The van der Waals surface area contributed by atoms with Crippen LogP contribution in [0.1, 0.15) is 15.9 Å². The first-order chi connectivity index (χ1) is 10.8. The van der Waals surface area contributed by atoms with Gasteiger partial charge in [-0.15, -0.1) is 0 Å². The van der Waals surface area contributed by atoms with Crippen molar-refractivity contribution in [1.29, 1.82) is 0 Å². The normalized spacial score (nSPS) is 11.1. The minimum atomic E-state index is -3.53. The number of anilines is 1. The van der Waals surface area contributed by atoms with E-state index in [1.807, 2.05) is 5.43 Å². The summed E-state index contributed by atoms with van der Waals surface area (Å²) in [4.78, 5) is 15.4. The van der Waals surface area contributed by atoms with E-state index in [-0.39, 0.29) is 12.4 Å². The number of amides is 1. The van der Waals surface area contributed by atoms with E-state index in [1.54, 1.807) is 30.3 Å². The van der Waals surface area contributed by atoms with Crippen LogP contribution in [-0.2, 0) is 16.6 Å². The number of hydrogen-bond donors (Lipinski definition) is 2. The van der Waals surface area contributed by atoms with Crippen LogP contribution in [0.5, 0.6) is 0 Å². The molecule has 9 heteroatoms. The molecule has 0 radical (unpaired) electrons. The molecule has 1 amide bonds. The highest BCUT2D eigenvalue weighted by Crippen LogP contribution is 2.20. The van der Waals surface area contributed by atoms with Crippen LogP contribution in [0.3, 0.4) is 0 Å². The molecule has 0 bridgehead atoms. The highest BCUT2D eigenvalue weighted by Gasteiger charge is 2.19. The molecule has 1 aromatic carbocycles. The van der Waals surface area contributed by atoms with Gasteiger partial charge in [-0.2, -0.15) is 0 Å². The maximum absolute atomic E-state index is 12.0. The first-order valence-electron chi connectivity index (χ1n) is 6.50. The van der Waals surface area contributed by atoms with Crippen molar-refractivity contribution in [3.63, 3.8) is 0 Å². The van der Waals surface area contributed by atoms with Crippen molar-refractivity contribution in [2.45, 2.75) is 6.54 Å². The standard InChI is InChI=1S/C14H15ClN4O3S/c1-23(21,22)19(13-7-6-12(15)8-17-13)9-10-2-4-11(5-3-10)14(20)18-16/h2-8H,9,16H2,1H3,(H,18,20). The maximum Gasteiger partial charge on any atom is 0.265 e. The minimum Gasteiger partial charge on any atom is -0.290 e. The molecule has 1 heterocycles. The summed E-state index contributed by atoms with van der Waals surface area (Å²) in [5.41, 5.74) is 3.11. The van der Waals surface area contributed by atoms with Crippen LogP contribution < -0.4 is 15.6 Å². The zero-order chi connectivity index (χ0) is 17.0. The number of halogens is 1. The number of pyridine rings is 1. The topological polar surface area (TPSA) is 105 Å². The van der Waals surface area contributed by atoms with Gasteiger partial charge in [-0.1, -0.05) is 23.7 Å². The van der Waals surface area contributed by atoms with Crippen LogP contribution in [0.4, 0.5) is 5.82 Å². The second-order valence-corrected chi connectivity index (χ2v) is 7.12. The number of hydrogen-bond acceptors (Lipinski definition) is 5. The number of carbonyl (C=O) groups is 1. The van der Waals surface area contributed by atoms with Crippen molar-refractivity contribution >= 4 is 33.3 Å². The Hall–Kier alpha value is -2.16. The van der Waals surface area contributed by atoms with Gasteiger partial charge >= 0.3 is 0 Å². The number of benzene rings is 1. The number of rotatable bonds is 5. The van der Waals surface area contributed by atoms with E-state index >= 15 is 0 Å². The number of hydrazine groups is 1. The predicted octanol–water partition coefficient (Wildman–Crippen LogP) is 1.30. The van der Waals surface area contributed by atoms with Gasteiger partial charge in [0.25, 0.3) is 5.91 Å². The molecule has 0 aliphatic carbocycles. The third kappa shape index (κ3) is 4.41. The molecule has 0 saturated carbocycles. The van der Waals surface area contributed by atoms with Crippen LogP contribution >= 0.6 is 11.6 Å². The van der Waals surface area contributed by atoms with Crippen LogP contribution in [0.2, 0.25) is 5.02 Å². The van der Waals surface area contributed by atoms with E-state index in [0.717, 1.165) is 10.6 Å². The molecular formula is C14H15ClN4O3S. The molecule has 0 spiro atoms. The van der Waals surface area contributed by atoms with Gasteiger partial charge < -0.3 is 0 Å². The molecule has 7 nitrogen and oxygen atoms in total. The van der Waals surface area contributed by atoms with Crippen molar-refractivity contribution in [2.75, 3.05) is 10.6 Å². The van der Waals surface area contributed by atoms with Crippen molar-refractivity contribution < 1.29 is 13.2 Å². The van der Waals surface area contributed by atoms with Gasteiger partial charge in [0.05, 0.1) is 17.8 Å². The summed E-state index contributed by atoms with van der Waals surface area (Å²) in [6.07, 6.45) is 2.48. The Kier molecular flexibility index (Phi) is 5.19. The number of aromatic nitrogens is 1. The summed E-state index contributed by atoms with van der Waals surface area (Å²) >= 11 is 5.77. The third-order valence-electron chi connectivity index (χ3n) is 3.04. The summed E-state index contributed by atoms with van der Waals surface area (Å²) in [7, 11) is -3.53. The largest absolute Gasteiger partial charge is 0.290 e. The van der Waals surface area contributed by atoms with Crippen molar-refractivity contribution in [1.82, 2.24) is 10.4 Å². The molecule has 0 aliphatic heterocycles. The van der Waals surface area contributed by atoms with Gasteiger partial charge in [0.1, 0.15) is 5.82 Å². The second kappa shape index (κ2) is 6.95. The Labute approximate surface area is 139 Å². The van der Waals surface area contributed by atoms with Gasteiger partial charge in [0, 0.05) is 11.8 Å². The lowest BCUT2D eigenvalue weighted by atomic mass is 10.1. The molecule has 0 atom stereocenters. The number of nitrogen functional groups attached to an aromatic ring is 1. The van der Waals surface area contributed by atoms with Crippen molar-refractivity contribution in [3.05, 3.63) is 58.7 Å². The van der Waals surface area contributed by atoms with Gasteiger partial charge in [-0.05, 0) is 29.8 Å². The van der Waals surface area contributed by atoms with Crippen LogP contribution in [0, 0.1) is 0 Å². The summed E-state index contributed by atoms with van der Waals surface area (Å²) in [5, 5.41) is 0.416. The van der Waals surface area contributed by atoms with Gasteiger partial charge in [-0.25, -0.2) is 23.5 Å². The molecular weight excluding hydrogens is 340 g/mol. The lowest BCUT2D eigenvalue weighted by Crippen LogP contribution is -2.31. The zero-order valence-corrected chi connectivity index (χ0v) is 13.8. The Morgan fingerprint density at radius 3 is 2.39 bits per heavy atom. The van der Waals surface area contributed by atoms with E-state index in [9.17, 15) is 13.2 Å². The van der Waals surface area contributed by atoms with E-state index in [4.69, 9.17) is 17.4 Å². The average molecular weight is 355 g/mol. The molecule has 122 valence electrons. The van der Waals surface area contributed by atoms with E-state index < -0.39 is 15.9 Å². The fraction of sp³-hybridized carbons (Fsp3) is 0.143. The molecule has 0 aliphatic rings. The fourth-order valence-electron chi connectivity index (χ4n) is 1.89. The number of carbonyl (C=O) groups excluding carboxylic acids is 1. The summed E-state index contributed by atoms with van der Waals surface area (Å²) in [6.45, 7) is 0.0813. The van der Waals surface area contributed by atoms with E-state index in [0.29, 0.717) is 16.1 Å². The molecule has 2 aromatic rings. The van der Waals surface area contributed by atoms with Gasteiger partial charge in [0.15, 0.2) is 0 Å². The smallest absolute Gasteiger partial charge is 0.265 e. The van der Waals surface area contributed by atoms with Crippen LogP contribution in [0.15, 0.2) is 42.6 Å². The number of nitrogens with zero attached hydrogens (tertiary/aromatic N) is 2. The molecule has 23 heavy (non-hydrogen) atoms. The number of sulfonamides is 1.